The Labute approximate surface area is 64.8 Å². The van der Waals surface area contributed by atoms with Gasteiger partial charge in [-0.05, 0) is 19.8 Å². The molecule has 0 fully saturated rings. The maximum Gasteiger partial charge on any atom is 0.0547 e. The van der Waals surface area contributed by atoms with E-state index in [2.05, 4.69) is 20.8 Å². The molecule has 0 aromatic rings. The Morgan fingerprint density at radius 2 is 2.20 bits per heavy atom. The zero-order valence-corrected chi connectivity index (χ0v) is 7.23. The number of unbranched alkanes of at least 4 members (excludes halogenated alkanes) is 1. The van der Waals surface area contributed by atoms with E-state index >= 15 is 0 Å². The third kappa shape index (κ3) is 6.09. The Kier molecular flexibility index (Phi) is 7.04. The Bertz CT molecular complexity index is 61.7. The lowest BCUT2D eigenvalue weighted by atomic mass is 10.2. The van der Waals surface area contributed by atoms with Crippen LogP contribution in [0.4, 0.5) is 0 Å². The molecule has 0 aliphatic rings. The van der Waals surface area contributed by atoms with Crippen molar-refractivity contribution in [2.45, 2.75) is 45.6 Å². The van der Waals surface area contributed by atoms with Gasteiger partial charge in [-0.1, -0.05) is 26.7 Å². The van der Waals surface area contributed by atoms with Gasteiger partial charge >= 0.3 is 0 Å². The highest BCUT2D eigenvalue weighted by Gasteiger charge is 1.97. The van der Waals surface area contributed by atoms with Crippen molar-refractivity contribution in [3.63, 3.8) is 0 Å². The molecule has 0 N–H and O–H groups in total. The molecule has 0 aliphatic heterocycles. The van der Waals surface area contributed by atoms with Gasteiger partial charge in [-0.2, -0.15) is 0 Å². The molecule has 1 atom stereocenters. The molecular weight excluding hydrogens is 124 g/mol. The fraction of sp³-hybridized carbons (Fsp3) is 0.889. The molecule has 1 nitrogen and oxygen atoms in total. The van der Waals surface area contributed by atoms with Crippen molar-refractivity contribution in [3.05, 3.63) is 6.92 Å². The molecule has 0 saturated carbocycles. The van der Waals surface area contributed by atoms with Crippen molar-refractivity contribution >= 4 is 0 Å². The summed E-state index contributed by atoms with van der Waals surface area (Å²) >= 11 is 0. The van der Waals surface area contributed by atoms with Crippen LogP contribution in [0.2, 0.25) is 0 Å². The first-order chi connectivity index (χ1) is 4.81. The zero-order valence-electron chi connectivity index (χ0n) is 7.23. The number of ether oxygens (including phenoxy) is 1. The molecule has 0 rings (SSSR count). The summed E-state index contributed by atoms with van der Waals surface area (Å²) in [4.78, 5) is 0. The Balaban J connectivity index is 2.97. The third-order valence-electron chi connectivity index (χ3n) is 1.51. The molecule has 0 aromatic carbocycles. The van der Waals surface area contributed by atoms with Gasteiger partial charge in [-0.3, -0.25) is 0 Å². The van der Waals surface area contributed by atoms with Crippen LogP contribution in [0.3, 0.4) is 0 Å². The first kappa shape index (κ1) is 9.96. The minimum Gasteiger partial charge on any atom is -0.379 e. The summed E-state index contributed by atoms with van der Waals surface area (Å²) in [5.74, 6) is 0. The quantitative estimate of drug-likeness (QED) is 0.519. The number of rotatable bonds is 6. The summed E-state index contributed by atoms with van der Waals surface area (Å²) in [6, 6.07) is 0. The molecule has 61 valence electrons. The topological polar surface area (TPSA) is 9.23 Å². The van der Waals surface area contributed by atoms with Crippen LogP contribution in [0.1, 0.15) is 39.5 Å². The number of hydrogen-bond donors (Lipinski definition) is 0. The van der Waals surface area contributed by atoms with Crippen LogP contribution in [0.5, 0.6) is 0 Å². The average molecular weight is 143 g/mol. The molecule has 10 heavy (non-hydrogen) atoms. The van der Waals surface area contributed by atoms with Gasteiger partial charge in [0.2, 0.25) is 0 Å². The van der Waals surface area contributed by atoms with Gasteiger partial charge in [0.25, 0.3) is 0 Å². The standard InChI is InChI=1S/C9H19O/c1-4-6-8-10-9(3)7-5-2/h9H,2,4-8H2,1,3H3. The first-order valence-electron chi connectivity index (χ1n) is 4.22. The van der Waals surface area contributed by atoms with Gasteiger partial charge in [0.05, 0.1) is 6.10 Å². The first-order valence-corrected chi connectivity index (χ1v) is 4.22. The Hall–Kier alpha value is -0.0400. The molecule has 0 saturated heterocycles. The second kappa shape index (κ2) is 7.07. The highest BCUT2D eigenvalue weighted by molar-refractivity contribution is 4.51. The molecular formula is C9H19O. The fourth-order valence-corrected chi connectivity index (χ4v) is 0.800. The monoisotopic (exact) mass is 143 g/mol. The maximum absolute atomic E-state index is 5.48. The van der Waals surface area contributed by atoms with Gasteiger partial charge < -0.3 is 4.74 Å². The molecule has 0 heterocycles. The van der Waals surface area contributed by atoms with Crippen LogP contribution in [0.15, 0.2) is 0 Å². The third-order valence-corrected chi connectivity index (χ3v) is 1.51. The van der Waals surface area contributed by atoms with E-state index in [4.69, 9.17) is 4.74 Å². The van der Waals surface area contributed by atoms with Crippen LogP contribution in [0.25, 0.3) is 0 Å². The normalized spacial score (nSPS) is 13.5. The largest absolute Gasteiger partial charge is 0.379 e. The van der Waals surface area contributed by atoms with Crippen LogP contribution >= 0.6 is 0 Å². The van der Waals surface area contributed by atoms with Crippen molar-refractivity contribution in [1.82, 2.24) is 0 Å². The highest BCUT2D eigenvalue weighted by Crippen LogP contribution is 2.01. The lowest BCUT2D eigenvalue weighted by Gasteiger charge is -2.10. The minimum atomic E-state index is 0.407. The predicted molar refractivity (Wildman–Crippen MR) is 44.9 cm³/mol. The van der Waals surface area contributed by atoms with E-state index in [0.717, 1.165) is 19.4 Å². The van der Waals surface area contributed by atoms with E-state index in [1.807, 2.05) is 0 Å². The molecule has 1 heteroatoms. The smallest absolute Gasteiger partial charge is 0.0547 e. The summed E-state index contributed by atoms with van der Waals surface area (Å²) in [5, 5.41) is 0. The Morgan fingerprint density at radius 1 is 1.50 bits per heavy atom. The number of hydrogen-bond acceptors (Lipinski definition) is 1. The fourth-order valence-electron chi connectivity index (χ4n) is 0.800. The summed E-state index contributed by atoms with van der Waals surface area (Å²) < 4.78 is 5.48. The van der Waals surface area contributed by atoms with Crippen molar-refractivity contribution in [3.8, 4) is 0 Å². The molecule has 0 aliphatic carbocycles. The van der Waals surface area contributed by atoms with E-state index in [9.17, 15) is 0 Å². The van der Waals surface area contributed by atoms with E-state index in [1.54, 1.807) is 0 Å². The molecule has 1 unspecified atom stereocenters. The lowest BCUT2D eigenvalue weighted by Crippen LogP contribution is -2.08. The van der Waals surface area contributed by atoms with Crippen molar-refractivity contribution in [2.24, 2.45) is 0 Å². The molecule has 1 radical (unpaired) electrons. The predicted octanol–water partition coefficient (Wildman–Crippen LogP) is 2.81. The SMILES string of the molecule is [CH2]CCC(C)OCCCC. The van der Waals surface area contributed by atoms with Crippen LogP contribution in [-0.2, 0) is 4.74 Å². The summed E-state index contributed by atoms with van der Waals surface area (Å²) in [6.45, 7) is 8.98. The molecule has 0 aromatic heterocycles. The zero-order chi connectivity index (χ0) is 7.82. The second-order valence-corrected chi connectivity index (χ2v) is 2.68. The van der Waals surface area contributed by atoms with Gasteiger partial charge in [-0.15, -0.1) is 0 Å². The summed E-state index contributed by atoms with van der Waals surface area (Å²) in [7, 11) is 0. The van der Waals surface area contributed by atoms with Crippen LogP contribution in [-0.4, -0.2) is 12.7 Å². The van der Waals surface area contributed by atoms with Crippen molar-refractivity contribution < 1.29 is 4.74 Å². The van der Waals surface area contributed by atoms with Crippen molar-refractivity contribution in [1.29, 1.82) is 0 Å². The van der Waals surface area contributed by atoms with E-state index in [0.29, 0.717) is 6.10 Å². The maximum atomic E-state index is 5.48. The molecule has 0 spiro atoms. The van der Waals surface area contributed by atoms with Gasteiger partial charge in [-0.25, -0.2) is 0 Å². The Morgan fingerprint density at radius 3 is 2.70 bits per heavy atom. The summed E-state index contributed by atoms with van der Waals surface area (Å²) in [5.41, 5.74) is 0. The van der Waals surface area contributed by atoms with E-state index < -0.39 is 0 Å². The van der Waals surface area contributed by atoms with Gasteiger partial charge in [0.15, 0.2) is 0 Å². The highest BCUT2D eigenvalue weighted by atomic mass is 16.5. The van der Waals surface area contributed by atoms with Crippen LogP contribution in [0, 0.1) is 6.92 Å². The van der Waals surface area contributed by atoms with Crippen molar-refractivity contribution in [2.75, 3.05) is 6.61 Å². The van der Waals surface area contributed by atoms with Gasteiger partial charge in [0, 0.05) is 6.61 Å². The second-order valence-electron chi connectivity index (χ2n) is 2.68. The van der Waals surface area contributed by atoms with Gasteiger partial charge in [0.1, 0.15) is 0 Å². The minimum absolute atomic E-state index is 0.407. The lowest BCUT2D eigenvalue weighted by molar-refractivity contribution is 0.0589. The summed E-state index contributed by atoms with van der Waals surface area (Å²) in [6.07, 6.45) is 4.87. The van der Waals surface area contributed by atoms with E-state index in [-0.39, 0.29) is 0 Å². The molecule has 0 bridgehead atoms. The average Bonchev–Trinajstić information content (AvgIpc) is 1.89. The van der Waals surface area contributed by atoms with E-state index in [1.165, 1.54) is 12.8 Å². The molecule has 0 amide bonds. The van der Waals surface area contributed by atoms with Crippen LogP contribution < -0.4 is 0 Å².